The summed E-state index contributed by atoms with van der Waals surface area (Å²) in [4.78, 5) is 22.6. The number of aliphatic carboxylic acids is 1. The van der Waals surface area contributed by atoms with Gasteiger partial charge in [0.05, 0.1) is 12.8 Å². The smallest absolute Gasteiger partial charge is 0.311 e. The number of carboxylic acids is 1. The van der Waals surface area contributed by atoms with Crippen molar-refractivity contribution in [2.75, 3.05) is 0 Å². The first kappa shape index (κ1) is 15.3. The number of fused-ring (bicyclic) bond motifs is 2. The Bertz CT molecular complexity index is 917. The van der Waals surface area contributed by atoms with Crippen LogP contribution in [-0.4, -0.2) is 17.0 Å². The van der Waals surface area contributed by atoms with E-state index in [4.69, 9.17) is 21.4 Å². The van der Waals surface area contributed by atoms with Crippen molar-refractivity contribution in [3.05, 3.63) is 53.6 Å². The number of benzene rings is 3. The quantitative estimate of drug-likeness (QED) is 0.437. The van der Waals surface area contributed by atoms with Gasteiger partial charge in [-0.1, -0.05) is 35.9 Å². The molecule has 0 radical (unpaired) electrons. The number of carbonyl (C=O) groups is 2. The zero-order chi connectivity index (χ0) is 16.4. The Morgan fingerprint density at radius 1 is 0.957 bits per heavy atom. The van der Waals surface area contributed by atoms with Gasteiger partial charge < -0.3 is 9.84 Å². The van der Waals surface area contributed by atoms with Gasteiger partial charge in [0.15, 0.2) is 0 Å². The summed E-state index contributed by atoms with van der Waals surface area (Å²) in [6, 6.07) is 14.8. The number of halogens is 1. The van der Waals surface area contributed by atoms with Crippen molar-refractivity contribution in [3.8, 4) is 5.75 Å². The number of carbonyl (C=O) groups excluding carboxylic acids is 1. The second-order valence-electron chi connectivity index (χ2n) is 5.16. The predicted molar refractivity (Wildman–Crippen MR) is 89.0 cm³/mol. The molecule has 3 aromatic carbocycles. The van der Waals surface area contributed by atoms with Gasteiger partial charge in [-0.05, 0) is 35.0 Å². The molecule has 23 heavy (non-hydrogen) atoms. The van der Waals surface area contributed by atoms with E-state index in [1.165, 1.54) is 0 Å². The summed E-state index contributed by atoms with van der Waals surface area (Å²) in [7, 11) is 0. The van der Waals surface area contributed by atoms with Crippen molar-refractivity contribution in [1.82, 2.24) is 0 Å². The Hall–Kier alpha value is -2.59. The van der Waals surface area contributed by atoms with Gasteiger partial charge in [0.2, 0.25) is 0 Å². The van der Waals surface area contributed by atoms with Crippen LogP contribution in [0.3, 0.4) is 0 Å². The van der Waals surface area contributed by atoms with Crippen LogP contribution in [0.15, 0.2) is 48.5 Å². The zero-order valence-electron chi connectivity index (χ0n) is 12.1. The largest absolute Gasteiger partial charge is 0.481 e. The van der Waals surface area contributed by atoms with Gasteiger partial charge in [-0.15, -0.1) is 0 Å². The number of carboxylic acid groups (broad SMARTS) is 1. The molecular formula is C18H13ClO4. The van der Waals surface area contributed by atoms with Gasteiger partial charge in [-0.2, -0.15) is 0 Å². The van der Waals surface area contributed by atoms with Crippen molar-refractivity contribution < 1.29 is 19.4 Å². The molecule has 3 aromatic rings. The lowest BCUT2D eigenvalue weighted by atomic mass is 10.0. The fraction of sp³-hybridized carbons (Fsp3) is 0.111. The minimum Gasteiger partial charge on any atom is -0.481 e. The van der Waals surface area contributed by atoms with Crippen molar-refractivity contribution in [2.45, 2.75) is 12.8 Å². The predicted octanol–water partition coefficient (Wildman–Crippen LogP) is 4.42. The fourth-order valence-corrected chi connectivity index (χ4v) is 2.67. The molecule has 0 amide bonds. The number of ether oxygens (including phenoxy) is 1. The molecule has 116 valence electrons. The maximum absolute atomic E-state index is 12.0. The van der Waals surface area contributed by atoms with E-state index in [-0.39, 0.29) is 12.8 Å². The van der Waals surface area contributed by atoms with Crippen LogP contribution >= 0.6 is 11.6 Å². The monoisotopic (exact) mass is 328 g/mol. The average molecular weight is 329 g/mol. The first-order valence-corrected chi connectivity index (χ1v) is 7.46. The highest BCUT2D eigenvalue weighted by atomic mass is 35.5. The molecule has 0 aromatic heterocycles. The summed E-state index contributed by atoms with van der Waals surface area (Å²) in [5.74, 6) is -1.17. The Labute approximate surface area is 137 Å². The van der Waals surface area contributed by atoms with Gasteiger partial charge in [-0.25, -0.2) is 0 Å². The minimum atomic E-state index is -1.03. The first-order valence-electron chi connectivity index (χ1n) is 7.08. The van der Waals surface area contributed by atoms with Crippen LogP contribution in [0.1, 0.15) is 12.8 Å². The zero-order valence-corrected chi connectivity index (χ0v) is 12.8. The first-order chi connectivity index (χ1) is 11.0. The third kappa shape index (κ3) is 3.27. The lowest BCUT2D eigenvalue weighted by Gasteiger charge is -2.12. The lowest BCUT2D eigenvalue weighted by Crippen LogP contribution is -2.10. The summed E-state index contributed by atoms with van der Waals surface area (Å²) in [6.07, 6.45) is -0.430. The van der Waals surface area contributed by atoms with Gasteiger partial charge >= 0.3 is 11.9 Å². The summed E-state index contributed by atoms with van der Waals surface area (Å²) >= 11 is 6.04. The summed E-state index contributed by atoms with van der Waals surface area (Å²) in [5.41, 5.74) is 0. The molecule has 0 heterocycles. The molecule has 0 saturated carbocycles. The maximum Gasteiger partial charge on any atom is 0.311 e. The van der Waals surface area contributed by atoms with Crippen molar-refractivity contribution >= 4 is 45.1 Å². The van der Waals surface area contributed by atoms with Crippen molar-refractivity contribution in [3.63, 3.8) is 0 Å². The Balaban J connectivity index is 2.11. The molecule has 0 unspecified atom stereocenters. The molecule has 5 heteroatoms. The van der Waals surface area contributed by atoms with E-state index in [0.717, 1.165) is 21.5 Å². The van der Waals surface area contributed by atoms with Crippen LogP contribution in [0.5, 0.6) is 5.75 Å². The molecule has 0 aliphatic carbocycles. The Morgan fingerprint density at radius 3 is 2.48 bits per heavy atom. The molecule has 4 nitrogen and oxygen atoms in total. The second-order valence-corrected chi connectivity index (χ2v) is 5.60. The molecule has 1 N–H and O–H groups in total. The Morgan fingerprint density at radius 2 is 1.70 bits per heavy atom. The number of hydrogen-bond acceptors (Lipinski definition) is 3. The van der Waals surface area contributed by atoms with E-state index in [1.54, 1.807) is 18.2 Å². The molecule has 3 rings (SSSR count). The number of hydrogen-bond donors (Lipinski definition) is 1. The number of rotatable bonds is 4. The molecule has 0 spiro atoms. The highest BCUT2D eigenvalue weighted by molar-refractivity contribution is 6.31. The van der Waals surface area contributed by atoms with E-state index in [9.17, 15) is 9.59 Å². The van der Waals surface area contributed by atoms with Crippen LogP contribution in [0.4, 0.5) is 0 Å². The number of esters is 1. The minimum absolute atomic E-state index is 0.173. The lowest BCUT2D eigenvalue weighted by molar-refractivity contribution is -0.142. The van der Waals surface area contributed by atoms with Gasteiger partial charge in [-0.3, -0.25) is 9.59 Å². The van der Waals surface area contributed by atoms with Gasteiger partial charge in [0.25, 0.3) is 0 Å². The summed E-state index contributed by atoms with van der Waals surface area (Å²) in [5, 5.41) is 12.6. The van der Waals surface area contributed by atoms with Crippen LogP contribution < -0.4 is 4.74 Å². The highest BCUT2D eigenvalue weighted by Gasteiger charge is 2.14. The van der Waals surface area contributed by atoms with E-state index < -0.39 is 11.9 Å². The third-order valence-electron chi connectivity index (χ3n) is 3.53. The standard InChI is InChI=1S/C18H13ClO4/c19-13-5-6-15-12(10-13)9-11-3-1-2-4-14(11)18(15)23-17(22)8-7-16(20)21/h1-6,9-10H,7-8H2,(H,20,21). The topological polar surface area (TPSA) is 63.6 Å². The van der Waals surface area contributed by atoms with E-state index in [1.807, 2.05) is 30.3 Å². The SMILES string of the molecule is O=C(O)CCC(=O)Oc1c2ccccc2cc2cc(Cl)ccc12. The molecule has 0 aliphatic rings. The van der Waals surface area contributed by atoms with E-state index >= 15 is 0 Å². The van der Waals surface area contributed by atoms with Crippen molar-refractivity contribution in [2.24, 2.45) is 0 Å². The van der Waals surface area contributed by atoms with E-state index in [2.05, 4.69) is 0 Å². The van der Waals surface area contributed by atoms with Gasteiger partial charge in [0, 0.05) is 15.8 Å². The molecule has 0 atom stereocenters. The van der Waals surface area contributed by atoms with Crippen LogP contribution in [0.25, 0.3) is 21.5 Å². The Kier molecular flexibility index (Phi) is 4.17. The third-order valence-corrected chi connectivity index (χ3v) is 3.77. The highest BCUT2D eigenvalue weighted by Crippen LogP contribution is 2.36. The molecule has 0 aliphatic heterocycles. The maximum atomic E-state index is 12.0. The van der Waals surface area contributed by atoms with E-state index in [0.29, 0.717) is 10.8 Å². The van der Waals surface area contributed by atoms with Crippen LogP contribution in [0, 0.1) is 0 Å². The normalized spacial score (nSPS) is 10.8. The molecule has 0 bridgehead atoms. The van der Waals surface area contributed by atoms with Crippen LogP contribution in [-0.2, 0) is 9.59 Å². The summed E-state index contributed by atoms with van der Waals surface area (Å²) in [6.45, 7) is 0. The molecular weight excluding hydrogens is 316 g/mol. The molecule has 0 saturated heterocycles. The van der Waals surface area contributed by atoms with Crippen molar-refractivity contribution in [1.29, 1.82) is 0 Å². The molecule has 0 fully saturated rings. The average Bonchev–Trinajstić information content (AvgIpc) is 2.52. The van der Waals surface area contributed by atoms with Gasteiger partial charge in [0.1, 0.15) is 5.75 Å². The van der Waals surface area contributed by atoms with Crippen LogP contribution in [0.2, 0.25) is 5.02 Å². The second kappa shape index (κ2) is 6.26. The fourth-order valence-electron chi connectivity index (χ4n) is 2.49. The summed E-state index contributed by atoms with van der Waals surface area (Å²) < 4.78 is 5.49.